The van der Waals surface area contributed by atoms with Crippen LogP contribution in [0.15, 0.2) is 54.9 Å². The van der Waals surface area contributed by atoms with Crippen LogP contribution >= 0.6 is 0 Å². The molecule has 0 fully saturated rings. The van der Waals surface area contributed by atoms with Gasteiger partial charge in [-0.3, -0.25) is 14.6 Å². The molecule has 0 aliphatic rings. The first-order valence-electron chi connectivity index (χ1n) is 8.02. The van der Waals surface area contributed by atoms with Crippen LogP contribution in [0.2, 0.25) is 0 Å². The molecule has 1 N–H and O–H groups in total. The van der Waals surface area contributed by atoms with Crippen LogP contribution in [0, 0.1) is 11.6 Å². The molecule has 0 bridgehead atoms. The van der Waals surface area contributed by atoms with Crippen molar-refractivity contribution in [3.63, 3.8) is 0 Å². The number of fused-ring (bicyclic) bond motifs is 1. The van der Waals surface area contributed by atoms with E-state index in [9.17, 15) is 13.6 Å². The van der Waals surface area contributed by atoms with Gasteiger partial charge in [0.1, 0.15) is 17.3 Å². The monoisotopic (exact) mass is 352 g/mol. The Morgan fingerprint density at radius 1 is 1.15 bits per heavy atom. The standard InChI is InChI=1S/C19H14F2N4O/c20-14-6-5-13(16(21)8-14)11-25-10-12(9-22-25)7-18(26)19-15-3-1-2-4-17(15)23-24-19/h1-6,8-10H,7,11H2,(H,23,24). The summed E-state index contributed by atoms with van der Waals surface area (Å²) in [6.07, 6.45) is 3.38. The number of ketones is 1. The van der Waals surface area contributed by atoms with Gasteiger partial charge >= 0.3 is 0 Å². The number of carbonyl (C=O) groups is 1. The Morgan fingerprint density at radius 2 is 2.00 bits per heavy atom. The van der Waals surface area contributed by atoms with Gasteiger partial charge in [-0.1, -0.05) is 24.3 Å². The molecule has 130 valence electrons. The van der Waals surface area contributed by atoms with Crippen molar-refractivity contribution in [3.05, 3.63) is 83.3 Å². The molecule has 5 nitrogen and oxygen atoms in total. The summed E-state index contributed by atoms with van der Waals surface area (Å²) in [5.74, 6) is -1.37. The van der Waals surface area contributed by atoms with Crippen molar-refractivity contribution in [1.29, 1.82) is 0 Å². The van der Waals surface area contributed by atoms with Crippen molar-refractivity contribution in [2.45, 2.75) is 13.0 Å². The number of hydrogen-bond donors (Lipinski definition) is 1. The lowest BCUT2D eigenvalue weighted by Crippen LogP contribution is -2.05. The number of nitrogens with one attached hydrogen (secondary N) is 1. The van der Waals surface area contributed by atoms with Crippen molar-refractivity contribution in [2.75, 3.05) is 0 Å². The second-order valence-electron chi connectivity index (χ2n) is 6.00. The maximum absolute atomic E-state index is 13.7. The van der Waals surface area contributed by atoms with E-state index in [1.807, 2.05) is 24.3 Å². The van der Waals surface area contributed by atoms with Crippen LogP contribution in [0.3, 0.4) is 0 Å². The molecule has 0 radical (unpaired) electrons. The second kappa shape index (κ2) is 6.51. The van der Waals surface area contributed by atoms with E-state index in [0.717, 1.165) is 17.0 Å². The van der Waals surface area contributed by atoms with Gasteiger partial charge in [-0.15, -0.1) is 0 Å². The summed E-state index contributed by atoms with van der Waals surface area (Å²) in [5, 5.41) is 11.9. The number of aromatic nitrogens is 4. The molecule has 0 saturated carbocycles. The van der Waals surface area contributed by atoms with Gasteiger partial charge in [-0.2, -0.15) is 10.2 Å². The highest BCUT2D eigenvalue weighted by Crippen LogP contribution is 2.17. The first-order valence-corrected chi connectivity index (χ1v) is 8.02. The molecule has 0 amide bonds. The molecule has 0 spiro atoms. The van der Waals surface area contributed by atoms with Crippen molar-refractivity contribution in [2.24, 2.45) is 0 Å². The average Bonchev–Trinajstić information content (AvgIpc) is 3.24. The summed E-state index contributed by atoms with van der Waals surface area (Å²) in [7, 11) is 0. The van der Waals surface area contributed by atoms with Crippen LogP contribution < -0.4 is 0 Å². The zero-order valence-electron chi connectivity index (χ0n) is 13.6. The highest BCUT2D eigenvalue weighted by molar-refractivity contribution is 6.06. The molecule has 4 aromatic rings. The number of Topliss-reactive ketones (excluding diaryl/α,β-unsaturated/α-hetero) is 1. The summed E-state index contributed by atoms with van der Waals surface area (Å²) < 4.78 is 28.2. The van der Waals surface area contributed by atoms with Crippen LogP contribution in [-0.2, 0) is 13.0 Å². The van der Waals surface area contributed by atoms with Crippen molar-refractivity contribution in [1.82, 2.24) is 20.0 Å². The minimum Gasteiger partial charge on any atom is -0.292 e. The molecule has 4 rings (SSSR count). The highest BCUT2D eigenvalue weighted by atomic mass is 19.1. The van der Waals surface area contributed by atoms with Gasteiger partial charge in [0.05, 0.1) is 18.3 Å². The van der Waals surface area contributed by atoms with Gasteiger partial charge in [0.2, 0.25) is 0 Å². The minimum absolute atomic E-state index is 0.130. The number of halogens is 2. The molecule has 0 aliphatic carbocycles. The number of hydrogen-bond acceptors (Lipinski definition) is 3. The first-order chi connectivity index (χ1) is 12.6. The Labute approximate surface area is 147 Å². The quantitative estimate of drug-likeness (QED) is 0.559. The fourth-order valence-electron chi connectivity index (χ4n) is 2.85. The Morgan fingerprint density at radius 3 is 2.85 bits per heavy atom. The fraction of sp³-hybridized carbons (Fsp3) is 0.105. The number of para-hydroxylation sites is 1. The first kappa shape index (κ1) is 16.1. The smallest absolute Gasteiger partial charge is 0.188 e. The summed E-state index contributed by atoms with van der Waals surface area (Å²) in [6.45, 7) is 0.158. The van der Waals surface area contributed by atoms with Crippen molar-refractivity contribution < 1.29 is 13.6 Å². The van der Waals surface area contributed by atoms with Crippen LogP contribution in [0.25, 0.3) is 10.9 Å². The van der Waals surface area contributed by atoms with E-state index in [1.54, 1.807) is 12.4 Å². The molecule has 0 aliphatic heterocycles. The summed E-state index contributed by atoms with van der Waals surface area (Å²) in [4.78, 5) is 12.5. The van der Waals surface area contributed by atoms with Crippen molar-refractivity contribution >= 4 is 16.7 Å². The van der Waals surface area contributed by atoms with Gasteiger partial charge in [-0.25, -0.2) is 8.78 Å². The fourth-order valence-corrected chi connectivity index (χ4v) is 2.85. The van der Waals surface area contributed by atoms with Crippen LogP contribution in [-0.4, -0.2) is 25.8 Å². The van der Waals surface area contributed by atoms with Gasteiger partial charge in [0.25, 0.3) is 0 Å². The van der Waals surface area contributed by atoms with Gasteiger partial charge < -0.3 is 0 Å². The van der Waals surface area contributed by atoms with Gasteiger partial charge in [-0.05, 0) is 17.7 Å². The average molecular weight is 352 g/mol. The number of rotatable bonds is 5. The zero-order valence-corrected chi connectivity index (χ0v) is 13.6. The van der Waals surface area contributed by atoms with E-state index >= 15 is 0 Å². The number of carbonyl (C=O) groups excluding carboxylic acids is 1. The van der Waals surface area contributed by atoms with E-state index in [-0.39, 0.29) is 18.7 Å². The molecular formula is C19H14F2N4O. The molecule has 2 heterocycles. The maximum Gasteiger partial charge on any atom is 0.188 e. The second-order valence-corrected chi connectivity index (χ2v) is 6.00. The molecule has 2 aromatic heterocycles. The van der Waals surface area contributed by atoms with Crippen LogP contribution in [0.5, 0.6) is 0 Å². The lowest BCUT2D eigenvalue weighted by molar-refractivity contribution is 0.0989. The van der Waals surface area contributed by atoms with Gasteiger partial charge in [0.15, 0.2) is 5.78 Å². The highest BCUT2D eigenvalue weighted by Gasteiger charge is 2.15. The maximum atomic E-state index is 13.7. The Hall–Kier alpha value is -3.35. The van der Waals surface area contributed by atoms with E-state index in [1.165, 1.54) is 16.8 Å². The number of aromatic amines is 1. The molecule has 2 aromatic carbocycles. The SMILES string of the molecule is O=C(Cc1cnn(Cc2ccc(F)cc2F)c1)c1n[nH]c2ccccc12. The number of benzene rings is 2. The Bertz CT molecular complexity index is 1100. The Balaban J connectivity index is 1.50. The lowest BCUT2D eigenvalue weighted by Gasteiger charge is -2.03. The number of nitrogens with zero attached hydrogens (tertiary/aromatic N) is 3. The molecule has 26 heavy (non-hydrogen) atoms. The topological polar surface area (TPSA) is 63.6 Å². The molecule has 0 atom stereocenters. The lowest BCUT2D eigenvalue weighted by atomic mass is 10.1. The summed E-state index contributed by atoms with van der Waals surface area (Å²) >= 11 is 0. The van der Waals surface area contributed by atoms with E-state index in [0.29, 0.717) is 16.8 Å². The molecular weight excluding hydrogens is 338 g/mol. The molecule has 0 saturated heterocycles. The number of H-pyrrole nitrogens is 1. The third kappa shape index (κ3) is 3.11. The van der Waals surface area contributed by atoms with Gasteiger partial charge in [0, 0.05) is 29.6 Å². The van der Waals surface area contributed by atoms with Crippen LogP contribution in [0.4, 0.5) is 8.78 Å². The van der Waals surface area contributed by atoms with E-state index in [2.05, 4.69) is 15.3 Å². The summed E-state index contributed by atoms with van der Waals surface area (Å²) in [5.41, 5.74) is 2.21. The normalized spacial score (nSPS) is 11.2. The third-order valence-electron chi connectivity index (χ3n) is 4.13. The van der Waals surface area contributed by atoms with E-state index < -0.39 is 11.6 Å². The minimum atomic E-state index is -0.624. The largest absolute Gasteiger partial charge is 0.292 e. The predicted molar refractivity (Wildman–Crippen MR) is 91.8 cm³/mol. The Kier molecular flexibility index (Phi) is 4.04. The van der Waals surface area contributed by atoms with Crippen LogP contribution in [0.1, 0.15) is 21.6 Å². The summed E-state index contributed by atoms with van der Waals surface area (Å²) in [6, 6.07) is 10.8. The predicted octanol–water partition coefficient (Wildman–Crippen LogP) is 3.51. The third-order valence-corrected chi connectivity index (χ3v) is 4.13. The zero-order chi connectivity index (χ0) is 18.1. The molecule has 7 heteroatoms. The van der Waals surface area contributed by atoms with E-state index in [4.69, 9.17) is 0 Å². The van der Waals surface area contributed by atoms with Crippen molar-refractivity contribution in [3.8, 4) is 0 Å². The molecule has 0 unspecified atom stereocenters.